The van der Waals surface area contributed by atoms with Crippen molar-refractivity contribution in [2.75, 3.05) is 10.6 Å². The summed E-state index contributed by atoms with van der Waals surface area (Å²) in [6.45, 7) is 0. The van der Waals surface area contributed by atoms with Gasteiger partial charge in [-0.1, -0.05) is 17.7 Å². The van der Waals surface area contributed by atoms with Crippen LogP contribution in [0, 0.1) is 5.82 Å². The quantitative estimate of drug-likeness (QED) is 0.729. The molecule has 0 saturated heterocycles. The fourth-order valence-corrected chi connectivity index (χ4v) is 2.02. The van der Waals surface area contributed by atoms with Crippen molar-refractivity contribution in [2.45, 2.75) is 0 Å². The van der Waals surface area contributed by atoms with Gasteiger partial charge in [0.05, 0.1) is 0 Å². The molecule has 110 valence electrons. The van der Waals surface area contributed by atoms with Gasteiger partial charge in [-0.25, -0.2) is 14.4 Å². The van der Waals surface area contributed by atoms with Gasteiger partial charge in [0.2, 0.25) is 0 Å². The molecule has 6 heteroatoms. The lowest BCUT2D eigenvalue weighted by Crippen LogP contribution is -1.98. The van der Waals surface area contributed by atoms with Crippen LogP contribution in [0.3, 0.4) is 0 Å². The molecule has 1 heterocycles. The van der Waals surface area contributed by atoms with Crippen LogP contribution in [0.5, 0.6) is 0 Å². The molecule has 2 N–H and O–H groups in total. The lowest BCUT2D eigenvalue weighted by Gasteiger charge is -2.09. The van der Waals surface area contributed by atoms with E-state index in [1.807, 2.05) is 12.1 Å². The average Bonchev–Trinajstić information content (AvgIpc) is 2.50. The first kappa shape index (κ1) is 14.3. The first-order chi connectivity index (χ1) is 10.7. The number of anilines is 4. The summed E-state index contributed by atoms with van der Waals surface area (Å²) in [4.78, 5) is 8.26. The second-order valence-electron chi connectivity index (χ2n) is 4.56. The smallest absolute Gasteiger partial charge is 0.135 e. The molecule has 1 aromatic heterocycles. The molecule has 0 bridgehead atoms. The van der Waals surface area contributed by atoms with E-state index in [0.717, 1.165) is 5.69 Å². The molecule has 3 rings (SSSR count). The van der Waals surface area contributed by atoms with E-state index in [1.165, 1.54) is 18.5 Å². The zero-order chi connectivity index (χ0) is 15.4. The van der Waals surface area contributed by atoms with Crippen LogP contribution in [0.4, 0.5) is 27.4 Å². The van der Waals surface area contributed by atoms with Crippen LogP contribution >= 0.6 is 11.6 Å². The van der Waals surface area contributed by atoms with Gasteiger partial charge < -0.3 is 10.6 Å². The van der Waals surface area contributed by atoms with E-state index in [4.69, 9.17) is 11.6 Å². The van der Waals surface area contributed by atoms with Crippen LogP contribution in [-0.2, 0) is 0 Å². The van der Waals surface area contributed by atoms with Crippen LogP contribution in [-0.4, -0.2) is 9.97 Å². The highest BCUT2D eigenvalue weighted by Crippen LogP contribution is 2.20. The Kier molecular flexibility index (Phi) is 4.16. The Balaban J connectivity index is 1.76. The Labute approximate surface area is 132 Å². The molecule has 0 unspecified atom stereocenters. The molecule has 0 aliphatic carbocycles. The molecule has 3 aromatic rings. The number of halogens is 2. The Morgan fingerprint density at radius 2 is 1.50 bits per heavy atom. The molecule has 0 radical (unpaired) electrons. The molecule has 4 nitrogen and oxygen atoms in total. The molecule has 0 fully saturated rings. The van der Waals surface area contributed by atoms with Gasteiger partial charge in [-0.3, -0.25) is 0 Å². The summed E-state index contributed by atoms with van der Waals surface area (Å²) in [6, 6.07) is 15.2. The van der Waals surface area contributed by atoms with Gasteiger partial charge >= 0.3 is 0 Å². The summed E-state index contributed by atoms with van der Waals surface area (Å²) in [6.07, 6.45) is 1.43. The van der Waals surface area contributed by atoms with Crippen LogP contribution in [0.25, 0.3) is 0 Å². The Bertz CT molecular complexity index is 777. The number of nitrogens with one attached hydrogen (secondary N) is 2. The van der Waals surface area contributed by atoms with E-state index < -0.39 is 0 Å². The Hall–Kier alpha value is -2.66. The second kappa shape index (κ2) is 6.41. The third-order valence-electron chi connectivity index (χ3n) is 2.88. The van der Waals surface area contributed by atoms with Crippen molar-refractivity contribution in [3.05, 3.63) is 71.8 Å². The predicted octanol–water partition coefficient (Wildman–Crippen LogP) is 4.76. The lowest BCUT2D eigenvalue weighted by atomic mass is 10.3. The molecule has 0 spiro atoms. The molecule has 2 aromatic carbocycles. The van der Waals surface area contributed by atoms with Crippen molar-refractivity contribution in [2.24, 2.45) is 0 Å². The maximum atomic E-state index is 13.2. The van der Waals surface area contributed by atoms with E-state index in [2.05, 4.69) is 20.6 Å². The molecule has 22 heavy (non-hydrogen) atoms. The summed E-state index contributed by atoms with van der Waals surface area (Å²) < 4.78 is 13.2. The Morgan fingerprint density at radius 3 is 2.18 bits per heavy atom. The number of benzene rings is 2. The largest absolute Gasteiger partial charge is 0.340 e. The average molecular weight is 315 g/mol. The number of hydrogen-bond acceptors (Lipinski definition) is 4. The van der Waals surface area contributed by atoms with Crippen LogP contribution in [0.1, 0.15) is 0 Å². The van der Waals surface area contributed by atoms with Crippen LogP contribution < -0.4 is 10.6 Å². The standard InChI is InChI=1S/C16H12ClFN4/c17-11-4-6-13(7-5-11)21-15-9-16(20-10-19-15)22-14-3-1-2-12(18)8-14/h1-10H,(H2,19,20,21,22). The highest BCUT2D eigenvalue weighted by Gasteiger charge is 2.01. The summed E-state index contributed by atoms with van der Waals surface area (Å²) in [5, 5.41) is 6.84. The van der Waals surface area contributed by atoms with Gasteiger partial charge in [0, 0.05) is 22.5 Å². The first-order valence-electron chi connectivity index (χ1n) is 6.56. The van der Waals surface area contributed by atoms with Gasteiger partial charge in [0.25, 0.3) is 0 Å². The minimum Gasteiger partial charge on any atom is -0.340 e. The van der Waals surface area contributed by atoms with Crippen LogP contribution in [0.2, 0.25) is 5.02 Å². The lowest BCUT2D eigenvalue weighted by molar-refractivity contribution is 0.628. The number of hydrogen-bond donors (Lipinski definition) is 2. The van der Waals surface area contributed by atoms with Gasteiger partial charge in [0.1, 0.15) is 23.8 Å². The SMILES string of the molecule is Fc1cccc(Nc2cc(Nc3ccc(Cl)cc3)ncn2)c1. The molecule has 0 aliphatic heterocycles. The first-order valence-corrected chi connectivity index (χ1v) is 6.94. The normalized spacial score (nSPS) is 10.3. The molecule has 0 saturated carbocycles. The Morgan fingerprint density at radius 1 is 0.818 bits per heavy atom. The monoisotopic (exact) mass is 314 g/mol. The minimum atomic E-state index is -0.307. The molecular formula is C16H12ClFN4. The predicted molar refractivity (Wildman–Crippen MR) is 86.4 cm³/mol. The summed E-state index contributed by atoms with van der Waals surface area (Å²) in [5.41, 5.74) is 1.48. The minimum absolute atomic E-state index is 0.307. The summed E-state index contributed by atoms with van der Waals surface area (Å²) >= 11 is 5.85. The van der Waals surface area contributed by atoms with Crippen molar-refractivity contribution in [3.63, 3.8) is 0 Å². The van der Waals surface area contributed by atoms with E-state index in [9.17, 15) is 4.39 Å². The second-order valence-corrected chi connectivity index (χ2v) is 4.99. The van der Waals surface area contributed by atoms with Gasteiger partial charge in [0.15, 0.2) is 0 Å². The van der Waals surface area contributed by atoms with Crippen molar-refractivity contribution >= 4 is 34.6 Å². The third-order valence-corrected chi connectivity index (χ3v) is 3.13. The fraction of sp³-hybridized carbons (Fsp3) is 0. The molecular weight excluding hydrogens is 303 g/mol. The maximum absolute atomic E-state index is 13.2. The highest BCUT2D eigenvalue weighted by atomic mass is 35.5. The number of aromatic nitrogens is 2. The summed E-state index contributed by atoms with van der Waals surface area (Å²) in [5.74, 6) is 0.881. The molecule has 0 atom stereocenters. The highest BCUT2D eigenvalue weighted by molar-refractivity contribution is 6.30. The summed E-state index contributed by atoms with van der Waals surface area (Å²) in [7, 11) is 0. The van der Waals surface area contributed by atoms with Crippen LogP contribution in [0.15, 0.2) is 60.9 Å². The number of nitrogens with zero attached hydrogens (tertiary/aromatic N) is 2. The topological polar surface area (TPSA) is 49.8 Å². The maximum Gasteiger partial charge on any atom is 0.135 e. The van der Waals surface area contributed by atoms with Gasteiger partial charge in [-0.15, -0.1) is 0 Å². The zero-order valence-electron chi connectivity index (χ0n) is 11.4. The van der Waals surface area contributed by atoms with Crippen molar-refractivity contribution in [1.29, 1.82) is 0 Å². The van der Waals surface area contributed by atoms with Gasteiger partial charge in [-0.05, 0) is 42.5 Å². The van der Waals surface area contributed by atoms with E-state index in [-0.39, 0.29) is 5.82 Å². The third kappa shape index (κ3) is 3.71. The van der Waals surface area contributed by atoms with Crippen molar-refractivity contribution in [3.8, 4) is 0 Å². The molecule has 0 aliphatic rings. The van der Waals surface area contributed by atoms with E-state index in [0.29, 0.717) is 22.3 Å². The van der Waals surface area contributed by atoms with E-state index >= 15 is 0 Å². The van der Waals surface area contributed by atoms with Crippen molar-refractivity contribution in [1.82, 2.24) is 9.97 Å². The van der Waals surface area contributed by atoms with Crippen molar-refractivity contribution < 1.29 is 4.39 Å². The molecule has 0 amide bonds. The zero-order valence-corrected chi connectivity index (χ0v) is 12.2. The van der Waals surface area contributed by atoms with Gasteiger partial charge in [-0.2, -0.15) is 0 Å². The van der Waals surface area contributed by atoms with E-state index in [1.54, 1.807) is 30.3 Å². The number of rotatable bonds is 4. The fourth-order valence-electron chi connectivity index (χ4n) is 1.89.